The summed E-state index contributed by atoms with van der Waals surface area (Å²) in [6.07, 6.45) is 8.08. The Hall–Kier alpha value is -0.900. The first kappa shape index (κ1) is 14.5. The molecule has 19 heavy (non-hydrogen) atoms. The number of benzene rings is 1. The van der Waals surface area contributed by atoms with Crippen LogP contribution in [0.25, 0.3) is 0 Å². The fourth-order valence-electron chi connectivity index (χ4n) is 2.95. The molecule has 0 radical (unpaired) electrons. The molecule has 106 valence electrons. The monoisotopic (exact) mass is 262 g/mol. The van der Waals surface area contributed by atoms with Crippen molar-refractivity contribution in [3.63, 3.8) is 0 Å². The Bertz CT molecular complexity index is 357. The van der Waals surface area contributed by atoms with E-state index < -0.39 is 0 Å². The molecule has 1 atom stereocenters. The van der Waals surface area contributed by atoms with Gasteiger partial charge in [-0.1, -0.05) is 30.3 Å². The Balaban J connectivity index is 1.73. The minimum Gasteiger partial charge on any atom is -0.378 e. The minimum atomic E-state index is 0.101. The number of nitrogens with two attached hydrogens (primary N) is 1. The van der Waals surface area contributed by atoms with Crippen molar-refractivity contribution in [2.24, 2.45) is 5.84 Å². The predicted octanol–water partition coefficient (Wildman–Crippen LogP) is 2.80. The number of hydrazine groups is 1. The summed E-state index contributed by atoms with van der Waals surface area (Å²) in [5, 5.41) is 0. The summed E-state index contributed by atoms with van der Waals surface area (Å²) in [4.78, 5) is 0. The summed E-state index contributed by atoms with van der Waals surface area (Å²) in [5.41, 5.74) is 4.47. The van der Waals surface area contributed by atoms with Crippen molar-refractivity contribution in [2.45, 2.75) is 56.6 Å². The fraction of sp³-hybridized carbons (Fsp3) is 0.625. The molecule has 2 rings (SSSR count). The lowest BCUT2D eigenvalue weighted by Crippen LogP contribution is -2.47. The third kappa shape index (κ3) is 4.03. The second-order valence-electron chi connectivity index (χ2n) is 5.69. The van der Waals surface area contributed by atoms with Gasteiger partial charge in [-0.3, -0.25) is 11.3 Å². The van der Waals surface area contributed by atoms with E-state index in [9.17, 15) is 0 Å². The highest BCUT2D eigenvalue weighted by atomic mass is 16.5. The number of aryl methyl sites for hydroxylation is 1. The van der Waals surface area contributed by atoms with Crippen LogP contribution in [0.4, 0.5) is 0 Å². The van der Waals surface area contributed by atoms with Gasteiger partial charge in [0.1, 0.15) is 0 Å². The first-order chi connectivity index (χ1) is 9.28. The van der Waals surface area contributed by atoms with E-state index in [2.05, 4.69) is 35.8 Å². The molecule has 3 heteroatoms. The Kier molecular flexibility index (Phi) is 5.37. The van der Waals surface area contributed by atoms with Crippen molar-refractivity contribution in [3.05, 3.63) is 35.9 Å². The van der Waals surface area contributed by atoms with Gasteiger partial charge >= 0.3 is 0 Å². The Morgan fingerprint density at radius 1 is 1.32 bits per heavy atom. The minimum absolute atomic E-state index is 0.101. The SMILES string of the molecule is COC1(CC(CCCc2ccccc2)NN)CCC1. The number of ether oxygens (including phenoxy) is 1. The van der Waals surface area contributed by atoms with Crippen molar-refractivity contribution in [1.82, 2.24) is 5.43 Å². The van der Waals surface area contributed by atoms with E-state index >= 15 is 0 Å². The highest BCUT2D eigenvalue weighted by molar-refractivity contribution is 5.14. The van der Waals surface area contributed by atoms with Crippen LogP contribution in [0.2, 0.25) is 0 Å². The second kappa shape index (κ2) is 7.04. The number of hydrogen-bond donors (Lipinski definition) is 2. The van der Waals surface area contributed by atoms with Crippen LogP contribution >= 0.6 is 0 Å². The van der Waals surface area contributed by atoms with Crippen LogP contribution in [-0.4, -0.2) is 18.8 Å². The van der Waals surface area contributed by atoms with E-state index in [1.807, 2.05) is 7.11 Å². The molecule has 1 aromatic carbocycles. The summed E-state index contributed by atoms with van der Waals surface area (Å²) in [6, 6.07) is 11.0. The highest BCUT2D eigenvalue weighted by Gasteiger charge is 2.38. The Morgan fingerprint density at radius 3 is 2.58 bits per heavy atom. The summed E-state index contributed by atoms with van der Waals surface area (Å²) >= 11 is 0. The maximum Gasteiger partial charge on any atom is 0.0694 e. The van der Waals surface area contributed by atoms with Crippen molar-refractivity contribution >= 4 is 0 Å². The van der Waals surface area contributed by atoms with Gasteiger partial charge in [0, 0.05) is 13.2 Å². The highest BCUT2D eigenvalue weighted by Crippen LogP contribution is 2.39. The van der Waals surface area contributed by atoms with Gasteiger partial charge in [-0.15, -0.1) is 0 Å². The third-order valence-corrected chi connectivity index (χ3v) is 4.41. The summed E-state index contributed by atoms with van der Waals surface area (Å²) < 4.78 is 5.68. The molecule has 3 N–H and O–H groups in total. The Morgan fingerprint density at radius 2 is 2.05 bits per heavy atom. The topological polar surface area (TPSA) is 47.3 Å². The largest absolute Gasteiger partial charge is 0.378 e. The smallest absolute Gasteiger partial charge is 0.0694 e. The molecule has 0 aliphatic heterocycles. The molecule has 0 saturated heterocycles. The predicted molar refractivity (Wildman–Crippen MR) is 78.7 cm³/mol. The average Bonchev–Trinajstić information content (AvgIpc) is 2.42. The zero-order valence-corrected chi connectivity index (χ0v) is 11.9. The van der Waals surface area contributed by atoms with Gasteiger partial charge < -0.3 is 4.74 Å². The van der Waals surface area contributed by atoms with Gasteiger partial charge in [0.05, 0.1) is 5.60 Å². The molecule has 1 aliphatic carbocycles. The quantitative estimate of drug-likeness (QED) is 0.559. The molecule has 1 unspecified atom stereocenters. The van der Waals surface area contributed by atoms with Gasteiger partial charge in [0.2, 0.25) is 0 Å². The van der Waals surface area contributed by atoms with Crippen molar-refractivity contribution < 1.29 is 4.74 Å². The number of hydrogen-bond acceptors (Lipinski definition) is 3. The summed E-state index contributed by atoms with van der Waals surface area (Å²) in [5.74, 6) is 5.69. The van der Waals surface area contributed by atoms with Crippen molar-refractivity contribution in [2.75, 3.05) is 7.11 Å². The summed E-state index contributed by atoms with van der Waals surface area (Å²) in [6.45, 7) is 0. The lowest BCUT2D eigenvalue weighted by atomic mass is 9.75. The number of nitrogens with one attached hydrogen (secondary N) is 1. The molecule has 0 aromatic heterocycles. The summed E-state index contributed by atoms with van der Waals surface area (Å²) in [7, 11) is 1.83. The maximum atomic E-state index is 5.69. The molecule has 0 heterocycles. The molecule has 1 saturated carbocycles. The Labute approximate surface area is 116 Å². The normalized spacial score (nSPS) is 18.8. The molecule has 0 spiro atoms. The molecule has 1 aliphatic rings. The van der Waals surface area contributed by atoms with E-state index in [0.717, 1.165) is 19.3 Å². The van der Waals surface area contributed by atoms with E-state index in [4.69, 9.17) is 10.6 Å². The van der Waals surface area contributed by atoms with Gasteiger partial charge in [0.15, 0.2) is 0 Å². The van der Waals surface area contributed by atoms with Crippen LogP contribution in [0.1, 0.15) is 44.1 Å². The maximum absolute atomic E-state index is 5.69. The van der Waals surface area contributed by atoms with Gasteiger partial charge in [-0.25, -0.2) is 0 Å². The lowest BCUT2D eigenvalue weighted by Gasteiger charge is -2.42. The molecular weight excluding hydrogens is 236 g/mol. The third-order valence-electron chi connectivity index (χ3n) is 4.41. The molecule has 3 nitrogen and oxygen atoms in total. The standard InChI is InChI=1S/C16H26N2O/c1-19-16(11-6-12-16)13-15(18-17)10-5-9-14-7-3-2-4-8-14/h2-4,7-8,15,18H,5-6,9-13,17H2,1H3. The number of methoxy groups -OCH3 is 1. The van der Waals surface area contributed by atoms with E-state index in [-0.39, 0.29) is 5.60 Å². The van der Waals surface area contributed by atoms with Crippen LogP contribution < -0.4 is 11.3 Å². The molecule has 1 aromatic rings. The molecule has 1 fully saturated rings. The second-order valence-corrected chi connectivity index (χ2v) is 5.69. The van der Waals surface area contributed by atoms with E-state index in [0.29, 0.717) is 6.04 Å². The van der Waals surface area contributed by atoms with E-state index in [1.54, 1.807) is 0 Å². The van der Waals surface area contributed by atoms with E-state index in [1.165, 1.54) is 31.2 Å². The van der Waals surface area contributed by atoms with Crippen molar-refractivity contribution in [3.8, 4) is 0 Å². The van der Waals surface area contributed by atoms with Crippen LogP contribution in [0.3, 0.4) is 0 Å². The van der Waals surface area contributed by atoms with Crippen LogP contribution in [-0.2, 0) is 11.2 Å². The zero-order valence-electron chi connectivity index (χ0n) is 11.9. The molecular formula is C16H26N2O. The molecule has 0 amide bonds. The zero-order chi connectivity index (χ0) is 13.6. The fourth-order valence-corrected chi connectivity index (χ4v) is 2.95. The van der Waals surface area contributed by atoms with Crippen LogP contribution in [0.5, 0.6) is 0 Å². The van der Waals surface area contributed by atoms with Gasteiger partial charge in [0.25, 0.3) is 0 Å². The number of rotatable bonds is 8. The van der Waals surface area contributed by atoms with Gasteiger partial charge in [-0.2, -0.15) is 0 Å². The average molecular weight is 262 g/mol. The molecule has 0 bridgehead atoms. The first-order valence-electron chi connectivity index (χ1n) is 7.33. The first-order valence-corrected chi connectivity index (χ1v) is 7.33. The van der Waals surface area contributed by atoms with Crippen LogP contribution in [0.15, 0.2) is 30.3 Å². The van der Waals surface area contributed by atoms with Gasteiger partial charge in [-0.05, 0) is 50.5 Å². The van der Waals surface area contributed by atoms with Crippen LogP contribution in [0, 0.1) is 0 Å². The van der Waals surface area contributed by atoms with Crippen molar-refractivity contribution in [1.29, 1.82) is 0 Å². The lowest BCUT2D eigenvalue weighted by molar-refractivity contribution is -0.0839.